The lowest BCUT2D eigenvalue weighted by atomic mass is 9.63. The Bertz CT molecular complexity index is 687. The molecule has 0 aliphatic carbocycles. The van der Waals surface area contributed by atoms with E-state index in [1.54, 1.807) is 0 Å². The van der Waals surface area contributed by atoms with E-state index in [9.17, 15) is 34.8 Å². The Balaban J connectivity index is 7.27. The second-order valence-corrected chi connectivity index (χ2v) is 8.35. The van der Waals surface area contributed by atoms with Crippen molar-refractivity contribution < 1.29 is 53.8 Å². The Labute approximate surface area is 218 Å². The van der Waals surface area contributed by atoms with Gasteiger partial charge in [-0.3, -0.25) is 0 Å². The first-order valence-corrected chi connectivity index (χ1v) is 12.2. The predicted octanol–water partition coefficient (Wildman–Crippen LogP) is 0.984. The average molecular weight is 531 g/mol. The van der Waals surface area contributed by atoms with E-state index in [1.165, 1.54) is 0 Å². The lowest BCUT2D eigenvalue weighted by molar-refractivity contribution is -0.234. The van der Waals surface area contributed by atoms with Crippen molar-refractivity contribution in [2.75, 3.05) is 46.2 Å². The molecule has 4 N–H and O–H groups in total. The van der Waals surface area contributed by atoms with Gasteiger partial charge in [0.05, 0.1) is 5.60 Å². The fourth-order valence-corrected chi connectivity index (χ4v) is 4.19. The summed E-state index contributed by atoms with van der Waals surface area (Å²) in [6.45, 7) is 8.35. The van der Waals surface area contributed by atoms with Crippen LogP contribution in [0.5, 0.6) is 0 Å². The maximum atomic E-state index is 12.4. The van der Waals surface area contributed by atoms with E-state index in [1.807, 2.05) is 0 Å². The normalized spacial score (nSPS) is 12.3. The summed E-state index contributed by atoms with van der Waals surface area (Å²) in [7, 11) is 0. The minimum Gasteiger partial charge on any atom is -0.462 e. The number of carbonyl (C=O) groups is 3. The van der Waals surface area contributed by atoms with Crippen molar-refractivity contribution in [2.45, 2.75) is 56.7 Å². The minimum absolute atomic E-state index is 0.0159. The van der Waals surface area contributed by atoms with E-state index < -0.39 is 48.2 Å². The first kappa shape index (κ1) is 34.4. The summed E-state index contributed by atoms with van der Waals surface area (Å²) in [6.07, 6.45) is 2.74. The van der Waals surface area contributed by atoms with Crippen LogP contribution in [0.4, 0.5) is 0 Å². The molecule has 0 heterocycles. The lowest BCUT2D eigenvalue weighted by Crippen LogP contribution is -2.63. The molecule has 212 valence electrons. The van der Waals surface area contributed by atoms with E-state index in [2.05, 4.69) is 19.7 Å². The van der Waals surface area contributed by atoms with Crippen LogP contribution < -0.4 is 0 Å². The number of aliphatic hydroxyl groups excluding tert-OH is 4. The monoisotopic (exact) mass is 530 g/mol. The van der Waals surface area contributed by atoms with Gasteiger partial charge in [-0.2, -0.15) is 0 Å². The third-order valence-electron chi connectivity index (χ3n) is 6.01. The zero-order chi connectivity index (χ0) is 28.2. The van der Waals surface area contributed by atoms with Crippen LogP contribution in [0.2, 0.25) is 0 Å². The predicted molar refractivity (Wildman–Crippen MR) is 134 cm³/mol. The summed E-state index contributed by atoms with van der Waals surface area (Å²) in [5.41, 5.74) is -2.99. The molecule has 0 aromatic heterocycles. The zero-order valence-electron chi connectivity index (χ0n) is 21.5. The summed E-state index contributed by atoms with van der Waals surface area (Å²) < 4.78 is 23.0. The molecule has 1 atom stereocenters. The van der Waals surface area contributed by atoms with Crippen LogP contribution in [0.3, 0.4) is 0 Å². The topological polar surface area (TPSA) is 169 Å². The molecule has 0 saturated carbocycles. The highest BCUT2D eigenvalue weighted by Gasteiger charge is 2.59. The van der Waals surface area contributed by atoms with Crippen LogP contribution in [0.15, 0.2) is 38.0 Å². The van der Waals surface area contributed by atoms with E-state index in [-0.39, 0.29) is 78.0 Å². The molecule has 0 aromatic rings. The van der Waals surface area contributed by atoms with Gasteiger partial charge in [-0.05, 0) is 44.9 Å². The second kappa shape index (κ2) is 19.5. The van der Waals surface area contributed by atoms with Gasteiger partial charge in [-0.15, -0.1) is 0 Å². The van der Waals surface area contributed by atoms with Gasteiger partial charge in [-0.25, -0.2) is 14.4 Å². The van der Waals surface area contributed by atoms with Crippen LogP contribution in [-0.4, -0.2) is 96.3 Å². The third-order valence-corrected chi connectivity index (χ3v) is 6.01. The summed E-state index contributed by atoms with van der Waals surface area (Å²) in [5.74, 6) is -2.42. The molecule has 37 heavy (non-hydrogen) atoms. The molecule has 0 rings (SSSR count). The molecular weight excluding hydrogens is 488 g/mol. The van der Waals surface area contributed by atoms with Crippen LogP contribution in [0.25, 0.3) is 0 Å². The van der Waals surface area contributed by atoms with Crippen molar-refractivity contribution in [2.24, 2.45) is 5.41 Å². The maximum Gasteiger partial charge on any atom is 0.330 e. The molecular formula is C26H42O11. The van der Waals surface area contributed by atoms with Gasteiger partial charge in [0.25, 0.3) is 0 Å². The molecule has 0 aliphatic heterocycles. The number of aliphatic hydroxyl groups is 4. The van der Waals surface area contributed by atoms with Crippen LogP contribution >= 0.6 is 0 Å². The Hall–Kier alpha value is -2.57. The van der Waals surface area contributed by atoms with Crippen LogP contribution in [-0.2, 0) is 33.3 Å². The second-order valence-electron chi connectivity index (χ2n) is 8.35. The van der Waals surface area contributed by atoms with E-state index in [4.69, 9.17) is 18.9 Å². The number of hydrogen-bond acceptors (Lipinski definition) is 11. The van der Waals surface area contributed by atoms with Gasteiger partial charge < -0.3 is 39.4 Å². The van der Waals surface area contributed by atoms with Crippen molar-refractivity contribution in [3.05, 3.63) is 38.0 Å². The molecule has 0 saturated heterocycles. The van der Waals surface area contributed by atoms with E-state index in [0.717, 1.165) is 18.2 Å². The van der Waals surface area contributed by atoms with Gasteiger partial charge in [0, 0.05) is 51.3 Å². The van der Waals surface area contributed by atoms with Gasteiger partial charge in [0.1, 0.15) is 24.7 Å². The number of carbonyl (C=O) groups excluding carboxylic acids is 3. The summed E-state index contributed by atoms with van der Waals surface area (Å²) in [5, 5.41) is 38.3. The highest BCUT2D eigenvalue weighted by Crippen LogP contribution is 2.48. The molecule has 0 aliphatic rings. The molecule has 11 heteroatoms. The average Bonchev–Trinajstić information content (AvgIpc) is 2.92. The Morgan fingerprint density at radius 3 is 1.57 bits per heavy atom. The number of rotatable bonds is 23. The van der Waals surface area contributed by atoms with E-state index >= 15 is 0 Å². The fraction of sp³-hybridized carbons (Fsp3) is 0.654. The van der Waals surface area contributed by atoms with Crippen molar-refractivity contribution >= 4 is 17.9 Å². The van der Waals surface area contributed by atoms with Gasteiger partial charge in [0.15, 0.2) is 0 Å². The smallest absolute Gasteiger partial charge is 0.330 e. The Kier molecular flexibility index (Phi) is 18.2. The summed E-state index contributed by atoms with van der Waals surface area (Å²) in [4.78, 5) is 36.8. The molecule has 0 amide bonds. The van der Waals surface area contributed by atoms with E-state index in [0.29, 0.717) is 0 Å². The molecule has 0 bridgehead atoms. The molecule has 1 unspecified atom stereocenters. The largest absolute Gasteiger partial charge is 0.462 e. The minimum atomic E-state index is -1.59. The van der Waals surface area contributed by atoms with Crippen molar-refractivity contribution in [1.82, 2.24) is 0 Å². The highest BCUT2D eigenvalue weighted by atomic mass is 16.6. The SMILES string of the molecule is C=CC(=O)OCC(COC(=O)C=C)(C(CCCO)OC(=O)C=C)C(CCCO)(CCCO)OCCCO. The maximum absolute atomic E-state index is 12.4. The molecule has 0 fully saturated rings. The summed E-state index contributed by atoms with van der Waals surface area (Å²) in [6, 6.07) is 0. The highest BCUT2D eigenvalue weighted by molar-refractivity contribution is 5.82. The molecule has 11 nitrogen and oxygen atoms in total. The number of esters is 3. The third kappa shape index (κ3) is 11.1. The van der Waals surface area contributed by atoms with Crippen molar-refractivity contribution in [1.29, 1.82) is 0 Å². The summed E-state index contributed by atoms with van der Waals surface area (Å²) >= 11 is 0. The molecule has 0 aromatic carbocycles. The van der Waals surface area contributed by atoms with Crippen molar-refractivity contribution in [3.63, 3.8) is 0 Å². The van der Waals surface area contributed by atoms with Gasteiger partial charge in [0.2, 0.25) is 0 Å². The quantitative estimate of drug-likeness (QED) is 0.0643. The lowest BCUT2D eigenvalue weighted by Gasteiger charge is -2.52. The van der Waals surface area contributed by atoms with Crippen LogP contribution in [0.1, 0.15) is 44.9 Å². The number of hydrogen-bond donors (Lipinski definition) is 4. The Morgan fingerprint density at radius 1 is 0.703 bits per heavy atom. The Morgan fingerprint density at radius 2 is 1.16 bits per heavy atom. The van der Waals surface area contributed by atoms with Crippen LogP contribution in [0, 0.1) is 5.41 Å². The number of ether oxygens (including phenoxy) is 4. The van der Waals surface area contributed by atoms with Crippen molar-refractivity contribution in [3.8, 4) is 0 Å². The first-order valence-electron chi connectivity index (χ1n) is 12.2. The van der Waals surface area contributed by atoms with Gasteiger partial charge >= 0.3 is 17.9 Å². The first-order chi connectivity index (χ1) is 17.8. The molecule has 0 spiro atoms. The van der Waals surface area contributed by atoms with Gasteiger partial charge in [-0.1, -0.05) is 19.7 Å². The fourth-order valence-electron chi connectivity index (χ4n) is 4.19. The molecule has 0 radical (unpaired) electrons. The zero-order valence-corrected chi connectivity index (χ0v) is 21.5. The standard InChI is InChI=1S/C26H42O11/c1-4-22(31)34-19-25(20-35-23(32)5-2,21(11-7-14-27)37-24(33)6-3)26(12-8-15-28,13-9-16-29)36-18-10-17-30/h4-6,21,27-30H,1-3,7-20H2.